The smallest absolute Gasteiger partial charge is 0.129 e. The predicted octanol–water partition coefficient (Wildman–Crippen LogP) is 2.35. The number of pyridine rings is 1. The Balaban J connectivity index is 2.33. The van der Waals surface area contributed by atoms with Gasteiger partial charge in [-0.05, 0) is 45.7 Å². The first-order chi connectivity index (χ1) is 7.00. The van der Waals surface area contributed by atoms with E-state index in [1.807, 2.05) is 19.1 Å². The lowest BCUT2D eigenvalue weighted by Crippen LogP contribution is -2.38. The first-order valence-corrected chi connectivity index (χ1v) is 5.51. The van der Waals surface area contributed by atoms with Gasteiger partial charge >= 0.3 is 0 Å². The number of hydrogen-bond acceptors (Lipinski definition) is 3. The van der Waals surface area contributed by atoms with Gasteiger partial charge < -0.3 is 10.6 Å². The third-order valence-electron chi connectivity index (χ3n) is 3.29. The molecule has 1 aromatic rings. The Morgan fingerprint density at radius 1 is 1.40 bits per heavy atom. The summed E-state index contributed by atoms with van der Waals surface area (Å²) < 4.78 is 0. The molecule has 0 saturated carbocycles. The molecular weight excluding hydrogens is 186 g/mol. The fourth-order valence-corrected chi connectivity index (χ4v) is 2.24. The Hall–Kier alpha value is -1.25. The van der Waals surface area contributed by atoms with Crippen molar-refractivity contribution in [3.8, 4) is 0 Å². The largest absolute Gasteiger partial charge is 0.397 e. The molecule has 0 radical (unpaired) electrons. The summed E-state index contributed by atoms with van der Waals surface area (Å²) >= 11 is 0. The molecule has 1 fully saturated rings. The SMILES string of the molecule is Cc1nc(N2CCCC2(C)C)ccc1N. The zero-order valence-electron chi connectivity index (χ0n) is 9.75. The van der Waals surface area contributed by atoms with Gasteiger partial charge in [-0.1, -0.05) is 0 Å². The van der Waals surface area contributed by atoms with E-state index in [9.17, 15) is 0 Å². The van der Waals surface area contributed by atoms with E-state index in [-0.39, 0.29) is 5.54 Å². The second-order valence-electron chi connectivity index (χ2n) is 4.91. The topological polar surface area (TPSA) is 42.2 Å². The Kier molecular flexibility index (Phi) is 2.33. The highest BCUT2D eigenvalue weighted by Crippen LogP contribution is 2.32. The van der Waals surface area contributed by atoms with Crippen molar-refractivity contribution in [2.45, 2.75) is 39.2 Å². The van der Waals surface area contributed by atoms with Gasteiger partial charge in [0.2, 0.25) is 0 Å². The zero-order chi connectivity index (χ0) is 11.1. The summed E-state index contributed by atoms with van der Waals surface area (Å²) in [6.07, 6.45) is 2.48. The molecule has 1 aliphatic heterocycles. The number of nitrogens with two attached hydrogens (primary N) is 1. The molecule has 3 nitrogen and oxygen atoms in total. The zero-order valence-corrected chi connectivity index (χ0v) is 9.75. The molecule has 2 rings (SSSR count). The van der Waals surface area contributed by atoms with Crippen LogP contribution in [0.15, 0.2) is 12.1 Å². The normalized spacial score (nSPS) is 19.5. The third kappa shape index (κ3) is 1.78. The van der Waals surface area contributed by atoms with Crippen molar-refractivity contribution in [1.82, 2.24) is 4.98 Å². The number of nitrogens with zero attached hydrogens (tertiary/aromatic N) is 2. The number of aromatic nitrogens is 1. The van der Waals surface area contributed by atoms with Crippen LogP contribution in [0.5, 0.6) is 0 Å². The molecule has 0 amide bonds. The molecule has 2 N–H and O–H groups in total. The maximum absolute atomic E-state index is 5.77. The van der Waals surface area contributed by atoms with Crippen molar-refractivity contribution < 1.29 is 0 Å². The van der Waals surface area contributed by atoms with Crippen LogP contribution in [0.4, 0.5) is 11.5 Å². The molecule has 15 heavy (non-hydrogen) atoms. The molecule has 1 aliphatic rings. The van der Waals surface area contributed by atoms with Crippen molar-refractivity contribution in [3.63, 3.8) is 0 Å². The minimum absolute atomic E-state index is 0.232. The predicted molar refractivity (Wildman–Crippen MR) is 64.0 cm³/mol. The van der Waals surface area contributed by atoms with Gasteiger partial charge in [0.05, 0.1) is 11.4 Å². The van der Waals surface area contributed by atoms with Gasteiger partial charge in [0, 0.05) is 12.1 Å². The molecule has 1 aromatic heterocycles. The maximum Gasteiger partial charge on any atom is 0.129 e. The van der Waals surface area contributed by atoms with Gasteiger partial charge in [0.25, 0.3) is 0 Å². The lowest BCUT2D eigenvalue weighted by Gasteiger charge is -2.32. The van der Waals surface area contributed by atoms with E-state index >= 15 is 0 Å². The van der Waals surface area contributed by atoms with Gasteiger partial charge in [-0.2, -0.15) is 0 Å². The molecule has 2 heterocycles. The van der Waals surface area contributed by atoms with E-state index in [2.05, 4.69) is 23.7 Å². The number of rotatable bonds is 1. The second kappa shape index (κ2) is 3.40. The van der Waals surface area contributed by atoms with Crippen LogP contribution in [0.25, 0.3) is 0 Å². The van der Waals surface area contributed by atoms with Crippen molar-refractivity contribution in [3.05, 3.63) is 17.8 Å². The Morgan fingerprint density at radius 3 is 2.67 bits per heavy atom. The molecule has 0 aromatic carbocycles. The maximum atomic E-state index is 5.77. The lowest BCUT2D eigenvalue weighted by molar-refractivity contribution is 0.514. The molecule has 0 atom stereocenters. The van der Waals surface area contributed by atoms with Crippen LogP contribution in [0.1, 0.15) is 32.4 Å². The van der Waals surface area contributed by atoms with Gasteiger partial charge in [-0.25, -0.2) is 4.98 Å². The Morgan fingerprint density at radius 2 is 2.13 bits per heavy atom. The quantitative estimate of drug-likeness (QED) is 0.765. The summed E-state index contributed by atoms with van der Waals surface area (Å²) in [6.45, 7) is 7.60. The number of aryl methyl sites for hydroxylation is 1. The van der Waals surface area contributed by atoms with Crippen molar-refractivity contribution in [2.75, 3.05) is 17.2 Å². The summed E-state index contributed by atoms with van der Waals surface area (Å²) in [4.78, 5) is 6.93. The van der Waals surface area contributed by atoms with Gasteiger partial charge in [0.15, 0.2) is 0 Å². The Labute approximate surface area is 91.3 Å². The lowest BCUT2D eigenvalue weighted by atomic mass is 10.0. The second-order valence-corrected chi connectivity index (χ2v) is 4.91. The molecular formula is C12H19N3. The third-order valence-corrected chi connectivity index (χ3v) is 3.29. The standard InChI is InChI=1S/C12H19N3/c1-9-10(13)5-6-11(14-9)15-8-4-7-12(15,2)3/h5-6H,4,7-8,13H2,1-3H3. The van der Waals surface area contributed by atoms with Crippen LogP contribution in [0.3, 0.4) is 0 Å². The fourth-order valence-electron chi connectivity index (χ4n) is 2.24. The Bertz CT molecular complexity index is 371. The fraction of sp³-hybridized carbons (Fsp3) is 0.583. The van der Waals surface area contributed by atoms with E-state index in [1.165, 1.54) is 12.8 Å². The molecule has 0 spiro atoms. The van der Waals surface area contributed by atoms with Crippen molar-refractivity contribution >= 4 is 11.5 Å². The summed E-state index contributed by atoms with van der Waals surface area (Å²) in [5, 5.41) is 0. The van der Waals surface area contributed by atoms with Crippen LogP contribution < -0.4 is 10.6 Å². The van der Waals surface area contributed by atoms with E-state index in [1.54, 1.807) is 0 Å². The minimum Gasteiger partial charge on any atom is -0.397 e. The van der Waals surface area contributed by atoms with E-state index < -0.39 is 0 Å². The van der Waals surface area contributed by atoms with Crippen LogP contribution in [-0.2, 0) is 0 Å². The van der Waals surface area contributed by atoms with Gasteiger partial charge in [-0.15, -0.1) is 0 Å². The van der Waals surface area contributed by atoms with Crippen LogP contribution >= 0.6 is 0 Å². The average Bonchev–Trinajstić information content (AvgIpc) is 2.50. The van der Waals surface area contributed by atoms with Crippen LogP contribution in [0.2, 0.25) is 0 Å². The number of nitrogen functional groups attached to an aromatic ring is 1. The van der Waals surface area contributed by atoms with Crippen LogP contribution in [0, 0.1) is 6.92 Å². The molecule has 1 saturated heterocycles. The minimum atomic E-state index is 0.232. The van der Waals surface area contributed by atoms with E-state index in [4.69, 9.17) is 5.73 Å². The van der Waals surface area contributed by atoms with E-state index in [0.29, 0.717) is 0 Å². The van der Waals surface area contributed by atoms with Gasteiger partial charge in [-0.3, -0.25) is 0 Å². The molecule has 0 unspecified atom stereocenters. The molecule has 0 bridgehead atoms. The van der Waals surface area contributed by atoms with Gasteiger partial charge in [0.1, 0.15) is 5.82 Å². The molecule has 0 aliphatic carbocycles. The summed E-state index contributed by atoms with van der Waals surface area (Å²) in [7, 11) is 0. The highest BCUT2D eigenvalue weighted by molar-refractivity contribution is 5.52. The molecule has 3 heteroatoms. The first kappa shape index (κ1) is 10.3. The summed E-state index contributed by atoms with van der Waals surface area (Å²) in [5.74, 6) is 1.06. The van der Waals surface area contributed by atoms with Crippen LogP contribution in [-0.4, -0.2) is 17.1 Å². The number of anilines is 2. The summed E-state index contributed by atoms with van der Waals surface area (Å²) in [6, 6.07) is 3.97. The highest BCUT2D eigenvalue weighted by Gasteiger charge is 2.32. The van der Waals surface area contributed by atoms with E-state index in [0.717, 1.165) is 23.7 Å². The average molecular weight is 205 g/mol. The van der Waals surface area contributed by atoms with Crippen molar-refractivity contribution in [1.29, 1.82) is 0 Å². The van der Waals surface area contributed by atoms with Crippen molar-refractivity contribution in [2.24, 2.45) is 0 Å². The first-order valence-electron chi connectivity index (χ1n) is 5.51. The summed E-state index contributed by atoms with van der Waals surface area (Å²) in [5.41, 5.74) is 7.71. The highest BCUT2D eigenvalue weighted by atomic mass is 15.3. The number of hydrogen-bond donors (Lipinski definition) is 1. The molecule has 82 valence electrons. The monoisotopic (exact) mass is 205 g/mol.